The summed E-state index contributed by atoms with van der Waals surface area (Å²) in [5.74, 6) is -0.0322. The number of aliphatic hydroxyl groups is 1. The van der Waals surface area contributed by atoms with Crippen LogP contribution in [0.5, 0.6) is 11.5 Å². The number of carbonyl (C=O) groups is 1. The van der Waals surface area contributed by atoms with Crippen molar-refractivity contribution in [3.63, 3.8) is 0 Å². The molecule has 17 heavy (non-hydrogen) atoms. The number of benzene rings is 1. The SMILES string of the molecule is CC(C)(c1ccc2c(c1)OCO2)C(O)C(=O)O. The third-order valence-corrected chi connectivity index (χ3v) is 3.03. The highest BCUT2D eigenvalue weighted by Gasteiger charge is 2.36. The maximum Gasteiger partial charge on any atom is 0.333 e. The van der Waals surface area contributed by atoms with Crippen LogP contribution in [0.25, 0.3) is 0 Å². The Balaban J connectivity index is 2.36. The second-order valence-electron chi connectivity index (χ2n) is 4.53. The molecule has 0 amide bonds. The molecule has 92 valence electrons. The number of ether oxygens (including phenoxy) is 2. The van der Waals surface area contributed by atoms with E-state index < -0.39 is 17.5 Å². The Labute approximate surface area is 98.6 Å². The maximum absolute atomic E-state index is 10.8. The third kappa shape index (κ3) is 1.93. The molecule has 1 unspecified atom stereocenters. The molecule has 5 heteroatoms. The van der Waals surface area contributed by atoms with Gasteiger partial charge in [0, 0.05) is 5.41 Å². The smallest absolute Gasteiger partial charge is 0.333 e. The predicted octanol–water partition coefficient (Wildman–Crippen LogP) is 1.14. The van der Waals surface area contributed by atoms with Crippen LogP contribution >= 0.6 is 0 Å². The van der Waals surface area contributed by atoms with Gasteiger partial charge < -0.3 is 19.7 Å². The third-order valence-electron chi connectivity index (χ3n) is 3.03. The van der Waals surface area contributed by atoms with E-state index >= 15 is 0 Å². The van der Waals surface area contributed by atoms with Crippen molar-refractivity contribution in [3.8, 4) is 11.5 Å². The van der Waals surface area contributed by atoms with E-state index in [0.29, 0.717) is 17.1 Å². The Bertz CT molecular complexity index is 452. The number of carboxylic acids is 1. The van der Waals surface area contributed by atoms with Crippen molar-refractivity contribution in [1.82, 2.24) is 0 Å². The van der Waals surface area contributed by atoms with Crippen LogP contribution in [0.3, 0.4) is 0 Å². The van der Waals surface area contributed by atoms with Gasteiger partial charge in [0.25, 0.3) is 0 Å². The predicted molar refractivity (Wildman–Crippen MR) is 59.2 cm³/mol. The Kier molecular flexibility index (Phi) is 2.71. The average Bonchev–Trinajstić information content (AvgIpc) is 2.74. The van der Waals surface area contributed by atoms with Crippen molar-refractivity contribution in [1.29, 1.82) is 0 Å². The first kappa shape index (κ1) is 11.7. The van der Waals surface area contributed by atoms with Gasteiger partial charge in [-0.3, -0.25) is 0 Å². The number of aliphatic hydroxyl groups excluding tert-OH is 1. The molecular weight excluding hydrogens is 224 g/mol. The number of carboxylic acid groups (broad SMARTS) is 1. The molecule has 1 aliphatic heterocycles. The lowest BCUT2D eigenvalue weighted by Gasteiger charge is -2.28. The lowest BCUT2D eigenvalue weighted by atomic mass is 9.79. The summed E-state index contributed by atoms with van der Waals surface area (Å²) in [4.78, 5) is 10.8. The van der Waals surface area contributed by atoms with Crippen LogP contribution in [0, 0.1) is 0 Å². The molecule has 1 aromatic rings. The van der Waals surface area contributed by atoms with Gasteiger partial charge >= 0.3 is 5.97 Å². The summed E-state index contributed by atoms with van der Waals surface area (Å²) in [7, 11) is 0. The fourth-order valence-corrected chi connectivity index (χ4v) is 1.76. The van der Waals surface area contributed by atoms with E-state index in [9.17, 15) is 9.90 Å². The van der Waals surface area contributed by atoms with Crippen LogP contribution in [0.2, 0.25) is 0 Å². The van der Waals surface area contributed by atoms with Crippen LogP contribution in [-0.4, -0.2) is 29.1 Å². The fraction of sp³-hybridized carbons (Fsp3) is 0.417. The number of fused-ring (bicyclic) bond motifs is 1. The molecule has 0 saturated heterocycles. The molecule has 0 aliphatic carbocycles. The lowest BCUT2D eigenvalue weighted by molar-refractivity contribution is -0.150. The van der Waals surface area contributed by atoms with Crippen molar-refractivity contribution < 1.29 is 24.5 Å². The van der Waals surface area contributed by atoms with E-state index in [2.05, 4.69) is 0 Å². The maximum atomic E-state index is 10.8. The van der Waals surface area contributed by atoms with Gasteiger partial charge in [0.05, 0.1) is 0 Å². The largest absolute Gasteiger partial charge is 0.479 e. The van der Waals surface area contributed by atoms with Crippen molar-refractivity contribution in [2.75, 3.05) is 6.79 Å². The van der Waals surface area contributed by atoms with Gasteiger partial charge in [-0.2, -0.15) is 0 Å². The molecule has 5 nitrogen and oxygen atoms in total. The van der Waals surface area contributed by atoms with Gasteiger partial charge in [-0.05, 0) is 17.7 Å². The van der Waals surface area contributed by atoms with Gasteiger partial charge in [0.15, 0.2) is 17.6 Å². The summed E-state index contributed by atoms with van der Waals surface area (Å²) in [5.41, 5.74) is -0.205. The molecule has 1 atom stereocenters. The highest BCUT2D eigenvalue weighted by atomic mass is 16.7. The first-order valence-corrected chi connectivity index (χ1v) is 5.24. The van der Waals surface area contributed by atoms with Gasteiger partial charge in [-0.25, -0.2) is 4.79 Å². The number of rotatable bonds is 3. The molecule has 0 radical (unpaired) electrons. The van der Waals surface area contributed by atoms with Gasteiger partial charge in [-0.1, -0.05) is 19.9 Å². The van der Waals surface area contributed by atoms with E-state index in [1.807, 2.05) is 0 Å². The first-order valence-electron chi connectivity index (χ1n) is 5.24. The normalized spacial score (nSPS) is 15.7. The summed E-state index contributed by atoms with van der Waals surface area (Å²) in [6.07, 6.45) is -1.47. The average molecular weight is 238 g/mol. The summed E-state index contributed by atoms with van der Waals surface area (Å²) >= 11 is 0. The van der Waals surface area contributed by atoms with Crippen LogP contribution in [0.1, 0.15) is 19.4 Å². The molecule has 0 bridgehead atoms. The Morgan fingerprint density at radius 1 is 1.35 bits per heavy atom. The summed E-state index contributed by atoms with van der Waals surface area (Å²) in [6.45, 7) is 3.51. The second-order valence-corrected chi connectivity index (χ2v) is 4.53. The Morgan fingerprint density at radius 3 is 2.65 bits per heavy atom. The van der Waals surface area contributed by atoms with Crippen LogP contribution in [0.4, 0.5) is 0 Å². The molecule has 0 fully saturated rings. The second kappa shape index (κ2) is 3.92. The molecule has 1 aromatic carbocycles. The standard InChI is InChI=1S/C12H14O5/c1-12(2,10(13)11(14)15)7-3-4-8-9(5-7)17-6-16-8/h3-5,10,13H,6H2,1-2H3,(H,14,15). The first-order chi connectivity index (χ1) is 7.93. The van der Waals surface area contributed by atoms with E-state index in [4.69, 9.17) is 14.6 Å². The van der Waals surface area contributed by atoms with Gasteiger partial charge in [0.2, 0.25) is 6.79 Å². The monoisotopic (exact) mass is 238 g/mol. The molecule has 1 aliphatic rings. The highest BCUT2D eigenvalue weighted by Crippen LogP contribution is 2.37. The Hall–Kier alpha value is -1.75. The van der Waals surface area contributed by atoms with E-state index in [0.717, 1.165) is 0 Å². The van der Waals surface area contributed by atoms with Crippen molar-refractivity contribution in [3.05, 3.63) is 23.8 Å². The minimum Gasteiger partial charge on any atom is -0.479 e. The number of hydrogen-bond acceptors (Lipinski definition) is 4. The minimum atomic E-state index is -1.47. The molecule has 0 saturated carbocycles. The van der Waals surface area contributed by atoms with E-state index in [1.54, 1.807) is 32.0 Å². The fourth-order valence-electron chi connectivity index (χ4n) is 1.76. The lowest BCUT2D eigenvalue weighted by Crippen LogP contribution is -2.39. The molecule has 1 heterocycles. The van der Waals surface area contributed by atoms with Crippen molar-refractivity contribution in [2.24, 2.45) is 0 Å². The van der Waals surface area contributed by atoms with Crippen molar-refractivity contribution in [2.45, 2.75) is 25.4 Å². The van der Waals surface area contributed by atoms with Crippen LogP contribution in [-0.2, 0) is 10.2 Å². The summed E-state index contributed by atoms with van der Waals surface area (Å²) < 4.78 is 10.4. The zero-order valence-electron chi connectivity index (χ0n) is 9.64. The van der Waals surface area contributed by atoms with E-state index in [1.165, 1.54) is 0 Å². The molecular formula is C12H14O5. The van der Waals surface area contributed by atoms with E-state index in [-0.39, 0.29) is 6.79 Å². The summed E-state index contributed by atoms with van der Waals surface area (Å²) in [6, 6.07) is 5.15. The zero-order chi connectivity index (χ0) is 12.6. The molecule has 0 aromatic heterocycles. The topological polar surface area (TPSA) is 76.0 Å². The van der Waals surface area contributed by atoms with Gasteiger partial charge in [-0.15, -0.1) is 0 Å². The molecule has 2 rings (SSSR count). The zero-order valence-corrected chi connectivity index (χ0v) is 9.64. The van der Waals surface area contributed by atoms with Crippen molar-refractivity contribution >= 4 is 5.97 Å². The minimum absolute atomic E-state index is 0.167. The summed E-state index contributed by atoms with van der Waals surface area (Å²) in [5, 5.41) is 18.6. The molecule has 2 N–H and O–H groups in total. The highest BCUT2D eigenvalue weighted by molar-refractivity contribution is 5.74. The number of aliphatic carboxylic acids is 1. The number of hydrogen-bond donors (Lipinski definition) is 2. The van der Waals surface area contributed by atoms with Crippen LogP contribution < -0.4 is 9.47 Å². The quantitative estimate of drug-likeness (QED) is 0.825. The van der Waals surface area contributed by atoms with Gasteiger partial charge in [0.1, 0.15) is 0 Å². The van der Waals surface area contributed by atoms with Crippen LogP contribution in [0.15, 0.2) is 18.2 Å². The molecule has 0 spiro atoms. The Morgan fingerprint density at radius 2 is 2.00 bits per heavy atom.